The molecule has 15 heavy (non-hydrogen) atoms. The van der Waals surface area contributed by atoms with Crippen molar-refractivity contribution in [2.24, 2.45) is 4.99 Å². The molecule has 0 aliphatic carbocycles. The average Bonchev–Trinajstić information content (AvgIpc) is 2.14. The molecule has 5 heteroatoms. The number of amides is 1. The molecule has 0 atom stereocenters. The van der Waals surface area contributed by atoms with Crippen molar-refractivity contribution in [3.63, 3.8) is 0 Å². The van der Waals surface area contributed by atoms with Crippen LogP contribution in [0.1, 0.15) is 27.2 Å². The zero-order chi connectivity index (χ0) is 11.3. The van der Waals surface area contributed by atoms with Crippen LogP contribution in [0.5, 0.6) is 0 Å². The van der Waals surface area contributed by atoms with Crippen LogP contribution in [0.3, 0.4) is 0 Å². The quantitative estimate of drug-likeness (QED) is 0.596. The smallest absolute Gasteiger partial charge is 0.239 e. The Balaban J connectivity index is 2.24. The largest absolute Gasteiger partial charge is 0.356 e. The van der Waals surface area contributed by atoms with Gasteiger partial charge in [-0.25, -0.2) is 0 Å². The van der Waals surface area contributed by atoms with Crippen molar-refractivity contribution in [1.82, 2.24) is 16.0 Å². The Morgan fingerprint density at radius 2 is 2.27 bits per heavy atom. The Morgan fingerprint density at radius 1 is 1.53 bits per heavy atom. The van der Waals surface area contributed by atoms with Crippen LogP contribution in [-0.2, 0) is 4.79 Å². The predicted molar refractivity (Wildman–Crippen MR) is 60.8 cm³/mol. The fourth-order valence-electron chi connectivity index (χ4n) is 1.28. The second-order valence-corrected chi connectivity index (χ2v) is 4.66. The molecular weight excluding hydrogens is 192 g/mol. The maximum Gasteiger partial charge on any atom is 0.239 e. The first kappa shape index (κ1) is 11.8. The highest BCUT2D eigenvalue weighted by Gasteiger charge is 2.13. The molecule has 3 N–H and O–H groups in total. The van der Waals surface area contributed by atoms with Gasteiger partial charge < -0.3 is 16.0 Å². The topological polar surface area (TPSA) is 65.5 Å². The summed E-state index contributed by atoms with van der Waals surface area (Å²) in [4.78, 5) is 15.7. The Bertz CT molecular complexity index is 255. The van der Waals surface area contributed by atoms with Gasteiger partial charge in [0.2, 0.25) is 5.91 Å². The van der Waals surface area contributed by atoms with Gasteiger partial charge >= 0.3 is 0 Å². The van der Waals surface area contributed by atoms with Gasteiger partial charge in [-0.3, -0.25) is 9.79 Å². The van der Waals surface area contributed by atoms with E-state index in [-0.39, 0.29) is 18.0 Å². The van der Waals surface area contributed by atoms with E-state index in [0.29, 0.717) is 0 Å². The summed E-state index contributed by atoms with van der Waals surface area (Å²) < 4.78 is 0. The number of carbonyl (C=O) groups is 1. The maximum absolute atomic E-state index is 11.4. The van der Waals surface area contributed by atoms with E-state index in [4.69, 9.17) is 0 Å². The number of rotatable bonds is 2. The van der Waals surface area contributed by atoms with Crippen molar-refractivity contribution in [1.29, 1.82) is 0 Å². The molecule has 1 amide bonds. The summed E-state index contributed by atoms with van der Waals surface area (Å²) in [5, 5.41) is 8.94. The van der Waals surface area contributed by atoms with Crippen LogP contribution in [-0.4, -0.2) is 37.0 Å². The maximum atomic E-state index is 11.4. The molecule has 0 aromatic carbocycles. The van der Waals surface area contributed by atoms with Gasteiger partial charge in [-0.1, -0.05) is 0 Å². The number of hydrogen-bond acceptors (Lipinski definition) is 4. The van der Waals surface area contributed by atoms with Gasteiger partial charge in [-0.15, -0.1) is 0 Å². The third-order valence-corrected chi connectivity index (χ3v) is 1.83. The van der Waals surface area contributed by atoms with Crippen LogP contribution in [0.15, 0.2) is 4.99 Å². The minimum absolute atomic E-state index is 0.0161. The minimum Gasteiger partial charge on any atom is -0.356 e. The molecule has 86 valence electrons. The third kappa shape index (κ3) is 5.24. The summed E-state index contributed by atoms with van der Waals surface area (Å²) in [6.45, 7) is 7.90. The first-order valence-corrected chi connectivity index (χ1v) is 5.30. The molecule has 1 rings (SSSR count). The van der Waals surface area contributed by atoms with Crippen LogP contribution in [0, 0.1) is 0 Å². The van der Waals surface area contributed by atoms with Crippen LogP contribution in [0.4, 0.5) is 0 Å². The van der Waals surface area contributed by atoms with Crippen LogP contribution >= 0.6 is 0 Å². The molecule has 1 aliphatic rings. The van der Waals surface area contributed by atoms with Gasteiger partial charge in [-0.2, -0.15) is 0 Å². The van der Waals surface area contributed by atoms with E-state index < -0.39 is 0 Å². The first-order valence-electron chi connectivity index (χ1n) is 5.30. The fourth-order valence-corrected chi connectivity index (χ4v) is 1.28. The number of aliphatic imine (C=N–C) groups is 1. The van der Waals surface area contributed by atoms with Gasteiger partial charge in [0.1, 0.15) is 0 Å². The van der Waals surface area contributed by atoms with Crippen molar-refractivity contribution >= 4 is 11.9 Å². The van der Waals surface area contributed by atoms with E-state index in [0.717, 1.165) is 25.5 Å². The Labute approximate surface area is 90.7 Å². The molecular formula is C10H20N4O. The lowest BCUT2D eigenvalue weighted by Gasteiger charge is -2.21. The van der Waals surface area contributed by atoms with Crippen LogP contribution in [0.25, 0.3) is 0 Å². The Morgan fingerprint density at radius 3 is 2.80 bits per heavy atom. The molecule has 0 unspecified atom stereocenters. The van der Waals surface area contributed by atoms with E-state index in [1.54, 1.807) is 0 Å². The fraction of sp³-hybridized carbons (Fsp3) is 0.800. The Hall–Kier alpha value is -1.26. The summed E-state index contributed by atoms with van der Waals surface area (Å²) in [5.74, 6) is 0.711. The third-order valence-electron chi connectivity index (χ3n) is 1.83. The van der Waals surface area contributed by atoms with E-state index >= 15 is 0 Å². The average molecular weight is 212 g/mol. The summed E-state index contributed by atoms with van der Waals surface area (Å²) in [7, 11) is 0. The molecule has 0 saturated carbocycles. The van der Waals surface area contributed by atoms with E-state index in [2.05, 4.69) is 20.9 Å². The number of hydrogen-bond donors (Lipinski definition) is 3. The highest BCUT2D eigenvalue weighted by molar-refractivity contribution is 5.86. The van der Waals surface area contributed by atoms with Gasteiger partial charge in [0.05, 0.1) is 6.54 Å². The van der Waals surface area contributed by atoms with Crippen molar-refractivity contribution in [3.8, 4) is 0 Å². The SMILES string of the molecule is CC(C)(C)NC(=O)CNC1=NCCCN1. The van der Waals surface area contributed by atoms with Gasteiger partial charge in [0.15, 0.2) is 5.96 Å². The number of nitrogens with one attached hydrogen (secondary N) is 3. The molecule has 1 heterocycles. The predicted octanol–water partition coefficient (Wildman–Crippen LogP) is -0.160. The first-order chi connectivity index (χ1) is 6.97. The van der Waals surface area contributed by atoms with E-state index in [9.17, 15) is 4.79 Å². The highest BCUT2D eigenvalue weighted by Crippen LogP contribution is 1.97. The number of nitrogens with zero attached hydrogens (tertiary/aromatic N) is 1. The molecule has 0 saturated heterocycles. The number of carbonyl (C=O) groups excluding carboxylic acids is 1. The lowest BCUT2D eigenvalue weighted by Crippen LogP contribution is -2.49. The zero-order valence-corrected chi connectivity index (χ0v) is 9.68. The van der Waals surface area contributed by atoms with Crippen LogP contribution in [0.2, 0.25) is 0 Å². The summed E-state index contributed by atoms with van der Waals surface area (Å²) in [6.07, 6.45) is 1.05. The molecule has 0 aromatic heterocycles. The lowest BCUT2D eigenvalue weighted by atomic mass is 10.1. The van der Waals surface area contributed by atoms with Gasteiger partial charge in [0, 0.05) is 18.6 Å². The van der Waals surface area contributed by atoms with Crippen molar-refractivity contribution < 1.29 is 4.79 Å². The molecule has 0 radical (unpaired) electrons. The van der Waals surface area contributed by atoms with Crippen LogP contribution < -0.4 is 16.0 Å². The molecule has 1 aliphatic heterocycles. The van der Waals surface area contributed by atoms with Crippen molar-refractivity contribution in [2.75, 3.05) is 19.6 Å². The van der Waals surface area contributed by atoms with Crippen molar-refractivity contribution in [2.45, 2.75) is 32.7 Å². The summed E-state index contributed by atoms with van der Waals surface area (Å²) >= 11 is 0. The number of guanidine groups is 1. The Kier molecular flexibility index (Phi) is 3.94. The molecule has 0 aromatic rings. The zero-order valence-electron chi connectivity index (χ0n) is 9.68. The molecule has 0 bridgehead atoms. The highest BCUT2D eigenvalue weighted by atomic mass is 16.2. The standard InChI is InChI=1S/C10H20N4O/c1-10(2,3)14-8(15)7-13-9-11-5-4-6-12-9/h4-7H2,1-3H3,(H,14,15)(H2,11,12,13). The van der Waals surface area contributed by atoms with E-state index in [1.807, 2.05) is 20.8 Å². The van der Waals surface area contributed by atoms with E-state index in [1.165, 1.54) is 0 Å². The monoisotopic (exact) mass is 212 g/mol. The minimum atomic E-state index is -0.180. The lowest BCUT2D eigenvalue weighted by molar-refractivity contribution is -0.121. The summed E-state index contributed by atoms with van der Waals surface area (Å²) in [6, 6.07) is 0. The second kappa shape index (κ2) is 5.00. The van der Waals surface area contributed by atoms with Gasteiger partial charge in [-0.05, 0) is 27.2 Å². The molecule has 5 nitrogen and oxygen atoms in total. The molecule has 0 spiro atoms. The molecule has 0 fully saturated rings. The van der Waals surface area contributed by atoms with Crippen molar-refractivity contribution in [3.05, 3.63) is 0 Å². The van der Waals surface area contributed by atoms with Gasteiger partial charge in [0.25, 0.3) is 0 Å². The second-order valence-electron chi connectivity index (χ2n) is 4.66. The normalized spacial score (nSPS) is 16.3. The summed E-state index contributed by atoms with van der Waals surface area (Å²) in [5.41, 5.74) is -0.180.